The second-order valence-electron chi connectivity index (χ2n) is 6.78. The Morgan fingerprint density at radius 2 is 2.04 bits per heavy atom. The number of benzene rings is 2. The third kappa shape index (κ3) is 3.91. The lowest BCUT2D eigenvalue weighted by atomic mass is 9.92. The number of likely N-dealkylation sites (tertiary alicyclic amines) is 1. The first-order valence-corrected chi connectivity index (χ1v) is 8.64. The van der Waals surface area contributed by atoms with Gasteiger partial charge in [-0.1, -0.05) is 42.5 Å². The van der Waals surface area contributed by atoms with E-state index < -0.39 is 0 Å². The maximum absolute atomic E-state index is 12.5. The van der Waals surface area contributed by atoms with E-state index in [0.29, 0.717) is 12.3 Å². The van der Waals surface area contributed by atoms with Crippen molar-refractivity contribution in [3.05, 3.63) is 48.0 Å². The van der Waals surface area contributed by atoms with Gasteiger partial charge < -0.3 is 10.6 Å². The number of fused-ring (bicyclic) bond motifs is 1. The van der Waals surface area contributed by atoms with Crippen LogP contribution in [-0.2, 0) is 11.2 Å². The van der Waals surface area contributed by atoms with Crippen LogP contribution in [0.3, 0.4) is 0 Å². The summed E-state index contributed by atoms with van der Waals surface area (Å²) in [6.45, 7) is 3.77. The number of carbonyl (C=O) groups is 1. The molecule has 0 aromatic heterocycles. The molecule has 2 aromatic rings. The molecule has 0 aliphatic carbocycles. The Kier molecular flexibility index (Phi) is 4.97. The fraction of sp³-hybridized carbons (Fsp3) is 0.450. The highest BCUT2D eigenvalue weighted by Gasteiger charge is 2.25. The van der Waals surface area contributed by atoms with E-state index in [0.717, 1.165) is 32.4 Å². The van der Waals surface area contributed by atoms with Crippen molar-refractivity contribution < 1.29 is 4.79 Å². The van der Waals surface area contributed by atoms with E-state index in [1.807, 2.05) is 11.8 Å². The summed E-state index contributed by atoms with van der Waals surface area (Å²) in [5.74, 6) is 0.719. The molecular formula is C20H26N2O. The first kappa shape index (κ1) is 16.0. The van der Waals surface area contributed by atoms with Crippen LogP contribution in [0.2, 0.25) is 0 Å². The molecule has 3 rings (SSSR count). The van der Waals surface area contributed by atoms with Crippen LogP contribution in [0, 0.1) is 5.92 Å². The minimum absolute atomic E-state index is 0.172. The Morgan fingerprint density at radius 1 is 1.26 bits per heavy atom. The predicted molar refractivity (Wildman–Crippen MR) is 95.2 cm³/mol. The molecular weight excluding hydrogens is 284 g/mol. The molecule has 1 heterocycles. The van der Waals surface area contributed by atoms with E-state index in [9.17, 15) is 4.79 Å². The third-order valence-electron chi connectivity index (χ3n) is 5.00. The standard InChI is InChI=1S/C20H26N2O/c1-15(21)19-7-4-12-22(14-19)20(23)11-9-16-8-10-17-5-2-3-6-18(17)13-16/h2-3,5-6,8,10,13,15,19H,4,7,9,11-12,14,21H2,1H3. The van der Waals surface area contributed by atoms with Gasteiger partial charge in [-0.15, -0.1) is 0 Å². The van der Waals surface area contributed by atoms with Crippen molar-refractivity contribution >= 4 is 16.7 Å². The molecule has 2 unspecified atom stereocenters. The molecule has 0 saturated carbocycles. The summed E-state index contributed by atoms with van der Waals surface area (Å²) in [7, 11) is 0. The lowest BCUT2D eigenvalue weighted by molar-refractivity contribution is -0.133. The molecule has 122 valence electrons. The SMILES string of the molecule is CC(N)C1CCCN(C(=O)CCc2ccc3ccccc3c2)C1. The van der Waals surface area contributed by atoms with Crippen molar-refractivity contribution in [1.29, 1.82) is 0 Å². The van der Waals surface area contributed by atoms with Crippen LogP contribution in [-0.4, -0.2) is 29.9 Å². The summed E-state index contributed by atoms with van der Waals surface area (Å²) in [5.41, 5.74) is 7.24. The maximum atomic E-state index is 12.5. The van der Waals surface area contributed by atoms with E-state index in [4.69, 9.17) is 5.73 Å². The molecule has 1 fully saturated rings. The van der Waals surface area contributed by atoms with Crippen LogP contribution in [0.15, 0.2) is 42.5 Å². The summed E-state index contributed by atoms with van der Waals surface area (Å²) < 4.78 is 0. The highest BCUT2D eigenvalue weighted by Crippen LogP contribution is 2.21. The van der Waals surface area contributed by atoms with Crippen molar-refractivity contribution in [2.24, 2.45) is 11.7 Å². The van der Waals surface area contributed by atoms with Gasteiger partial charge in [-0.3, -0.25) is 4.79 Å². The Bertz CT molecular complexity index is 680. The molecule has 2 aromatic carbocycles. The molecule has 23 heavy (non-hydrogen) atoms. The second kappa shape index (κ2) is 7.14. The lowest BCUT2D eigenvalue weighted by Crippen LogP contribution is -2.45. The molecule has 1 saturated heterocycles. The monoisotopic (exact) mass is 310 g/mol. The van der Waals surface area contributed by atoms with Gasteiger partial charge in [-0.2, -0.15) is 0 Å². The highest BCUT2D eigenvalue weighted by molar-refractivity contribution is 5.83. The first-order chi connectivity index (χ1) is 11.1. The Labute approximate surface area is 138 Å². The molecule has 0 radical (unpaired) electrons. The van der Waals surface area contributed by atoms with Gasteiger partial charge in [0.15, 0.2) is 0 Å². The summed E-state index contributed by atoms with van der Waals surface area (Å²) >= 11 is 0. The Balaban J connectivity index is 1.59. The predicted octanol–water partition coefficient (Wildman–Crippen LogP) is 3.36. The van der Waals surface area contributed by atoms with Crippen molar-refractivity contribution in [2.45, 2.75) is 38.6 Å². The number of hydrogen-bond donors (Lipinski definition) is 1. The number of aryl methyl sites for hydroxylation is 1. The topological polar surface area (TPSA) is 46.3 Å². The zero-order valence-corrected chi connectivity index (χ0v) is 13.9. The quantitative estimate of drug-likeness (QED) is 0.941. The Morgan fingerprint density at radius 3 is 2.83 bits per heavy atom. The van der Waals surface area contributed by atoms with Crippen molar-refractivity contribution in [3.63, 3.8) is 0 Å². The second-order valence-corrected chi connectivity index (χ2v) is 6.78. The zero-order chi connectivity index (χ0) is 16.2. The number of hydrogen-bond acceptors (Lipinski definition) is 2. The van der Waals surface area contributed by atoms with Gasteiger partial charge in [0.25, 0.3) is 0 Å². The van der Waals surface area contributed by atoms with E-state index in [2.05, 4.69) is 42.5 Å². The van der Waals surface area contributed by atoms with Crippen LogP contribution < -0.4 is 5.73 Å². The van der Waals surface area contributed by atoms with Gasteiger partial charge >= 0.3 is 0 Å². The average Bonchev–Trinajstić information content (AvgIpc) is 2.59. The van der Waals surface area contributed by atoms with E-state index in [-0.39, 0.29) is 11.9 Å². The Hall–Kier alpha value is -1.87. The summed E-state index contributed by atoms with van der Waals surface area (Å²) in [5, 5.41) is 2.49. The highest BCUT2D eigenvalue weighted by atomic mass is 16.2. The molecule has 2 atom stereocenters. The molecule has 0 bridgehead atoms. The number of carbonyl (C=O) groups excluding carboxylic acids is 1. The smallest absolute Gasteiger partial charge is 0.222 e. The van der Waals surface area contributed by atoms with Crippen LogP contribution in [0.25, 0.3) is 10.8 Å². The van der Waals surface area contributed by atoms with Crippen LogP contribution in [0.4, 0.5) is 0 Å². The minimum atomic E-state index is 0.172. The van der Waals surface area contributed by atoms with Gasteiger partial charge in [0.05, 0.1) is 0 Å². The molecule has 1 aliphatic rings. The average molecular weight is 310 g/mol. The van der Waals surface area contributed by atoms with Crippen LogP contribution >= 0.6 is 0 Å². The van der Waals surface area contributed by atoms with Gasteiger partial charge in [0.1, 0.15) is 0 Å². The number of rotatable bonds is 4. The summed E-state index contributed by atoms with van der Waals surface area (Å²) in [6, 6.07) is 15.0. The zero-order valence-electron chi connectivity index (χ0n) is 13.9. The summed E-state index contributed by atoms with van der Waals surface area (Å²) in [4.78, 5) is 14.5. The fourth-order valence-corrected chi connectivity index (χ4v) is 3.47. The van der Waals surface area contributed by atoms with Gasteiger partial charge in [0.2, 0.25) is 5.91 Å². The van der Waals surface area contributed by atoms with Crippen LogP contribution in [0.1, 0.15) is 31.7 Å². The molecule has 1 aliphatic heterocycles. The number of nitrogens with zero attached hydrogens (tertiary/aromatic N) is 1. The van der Waals surface area contributed by atoms with E-state index in [1.165, 1.54) is 16.3 Å². The third-order valence-corrected chi connectivity index (χ3v) is 5.00. The summed E-state index contributed by atoms with van der Waals surface area (Å²) in [6.07, 6.45) is 3.62. The van der Waals surface area contributed by atoms with Crippen molar-refractivity contribution in [3.8, 4) is 0 Å². The molecule has 3 heteroatoms. The van der Waals surface area contributed by atoms with Crippen molar-refractivity contribution in [1.82, 2.24) is 4.90 Å². The normalized spacial score (nSPS) is 19.7. The molecule has 2 N–H and O–H groups in total. The minimum Gasteiger partial charge on any atom is -0.342 e. The number of piperidine rings is 1. The fourth-order valence-electron chi connectivity index (χ4n) is 3.47. The number of amides is 1. The van der Waals surface area contributed by atoms with Gasteiger partial charge in [0, 0.05) is 25.6 Å². The van der Waals surface area contributed by atoms with Crippen LogP contribution in [0.5, 0.6) is 0 Å². The molecule has 1 amide bonds. The molecule has 3 nitrogen and oxygen atoms in total. The maximum Gasteiger partial charge on any atom is 0.222 e. The van der Waals surface area contributed by atoms with Gasteiger partial charge in [-0.25, -0.2) is 0 Å². The van der Waals surface area contributed by atoms with Gasteiger partial charge in [-0.05, 0) is 48.4 Å². The number of nitrogens with two attached hydrogens (primary N) is 1. The lowest BCUT2D eigenvalue weighted by Gasteiger charge is -2.34. The first-order valence-electron chi connectivity index (χ1n) is 8.64. The van der Waals surface area contributed by atoms with E-state index >= 15 is 0 Å². The van der Waals surface area contributed by atoms with Crippen molar-refractivity contribution in [2.75, 3.05) is 13.1 Å². The van der Waals surface area contributed by atoms with E-state index in [1.54, 1.807) is 0 Å². The largest absolute Gasteiger partial charge is 0.342 e. The molecule has 0 spiro atoms.